The molecule has 0 radical (unpaired) electrons. The van der Waals surface area contributed by atoms with Crippen LogP contribution in [-0.4, -0.2) is 26.4 Å². The van der Waals surface area contributed by atoms with Gasteiger partial charge >= 0.3 is 0 Å². The smallest absolute Gasteiger partial charge is 0.111 e. The zero-order chi connectivity index (χ0) is 11.5. The van der Waals surface area contributed by atoms with Crippen LogP contribution in [0.15, 0.2) is 29.2 Å². The molecular formula is C11H13N3OS. The first-order valence-corrected chi connectivity index (χ1v) is 6.15. The van der Waals surface area contributed by atoms with Crippen molar-refractivity contribution in [1.29, 1.82) is 0 Å². The Balaban J connectivity index is 2.38. The minimum Gasteiger partial charge on any atom is -0.390 e. The van der Waals surface area contributed by atoms with Crippen LogP contribution in [0.5, 0.6) is 0 Å². The van der Waals surface area contributed by atoms with Gasteiger partial charge in [-0.2, -0.15) is 0 Å². The van der Waals surface area contributed by atoms with Crippen LogP contribution in [0.25, 0.3) is 5.69 Å². The highest BCUT2D eigenvalue weighted by Crippen LogP contribution is 2.18. The number of hydrogen-bond acceptors (Lipinski definition) is 4. The van der Waals surface area contributed by atoms with Crippen LogP contribution in [0.4, 0.5) is 0 Å². The molecule has 0 saturated heterocycles. The SMILES string of the molecule is CSc1ccc(-n2nnc(CO)c2C)cc1. The largest absolute Gasteiger partial charge is 0.390 e. The molecule has 0 amide bonds. The van der Waals surface area contributed by atoms with Crippen molar-refractivity contribution in [3.05, 3.63) is 35.7 Å². The molecule has 2 aromatic rings. The van der Waals surface area contributed by atoms with Crippen LogP contribution in [0, 0.1) is 6.92 Å². The van der Waals surface area contributed by atoms with E-state index in [1.807, 2.05) is 37.4 Å². The number of nitrogens with zero attached hydrogens (tertiary/aromatic N) is 3. The van der Waals surface area contributed by atoms with Crippen LogP contribution < -0.4 is 0 Å². The Morgan fingerprint density at radius 2 is 2.00 bits per heavy atom. The van der Waals surface area contributed by atoms with Gasteiger partial charge < -0.3 is 5.11 Å². The van der Waals surface area contributed by atoms with Crippen LogP contribution in [0.3, 0.4) is 0 Å². The first-order valence-electron chi connectivity index (χ1n) is 4.92. The molecule has 0 aliphatic carbocycles. The Bertz CT molecular complexity index is 478. The molecule has 84 valence electrons. The first-order chi connectivity index (χ1) is 7.76. The molecule has 4 nitrogen and oxygen atoms in total. The number of thioether (sulfide) groups is 1. The fourth-order valence-corrected chi connectivity index (χ4v) is 1.88. The van der Waals surface area contributed by atoms with Gasteiger partial charge in [0.2, 0.25) is 0 Å². The van der Waals surface area contributed by atoms with Crippen molar-refractivity contribution in [2.75, 3.05) is 6.26 Å². The van der Waals surface area contributed by atoms with Gasteiger partial charge in [0.25, 0.3) is 0 Å². The highest BCUT2D eigenvalue weighted by Gasteiger charge is 2.08. The van der Waals surface area contributed by atoms with Gasteiger partial charge in [0.15, 0.2) is 0 Å². The zero-order valence-electron chi connectivity index (χ0n) is 9.21. The Labute approximate surface area is 98.3 Å². The minimum absolute atomic E-state index is 0.0747. The van der Waals surface area contributed by atoms with Crippen molar-refractivity contribution < 1.29 is 5.11 Å². The third-order valence-electron chi connectivity index (χ3n) is 2.46. The summed E-state index contributed by atoms with van der Waals surface area (Å²) in [5.41, 5.74) is 2.45. The second-order valence-corrected chi connectivity index (χ2v) is 4.27. The van der Waals surface area contributed by atoms with Crippen LogP contribution >= 0.6 is 11.8 Å². The standard InChI is InChI=1S/C11H13N3OS/c1-8-11(7-15)12-13-14(8)9-3-5-10(16-2)6-4-9/h3-6,15H,7H2,1-2H3. The van der Waals surface area contributed by atoms with E-state index in [2.05, 4.69) is 10.3 Å². The van der Waals surface area contributed by atoms with Crippen molar-refractivity contribution in [1.82, 2.24) is 15.0 Å². The maximum atomic E-state index is 9.04. The van der Waals surface area contributed by atoms with Gasteiger partial charge in [-0.15, -0.1) is 16.9 Å². The van der Waals surface area contributed by atoms with E-state index in [0.29, 0.717) is 5.69 Å². The molecule has 0 saturated carbocycles. The summed E-state index contributed by atoms with van der Waals surface area (Å²) in [7, 11) is 0. The van der Waals surface area contributed by atoms with Crippen molar-refractivity contribution in [2.24, 2.45) is 0 Å². The van der Waals surface area contributed by atoms with Gasteiger partial charge in [0.1, 0.15) is 5.69 Å². The summed E-state index contributed by atoms with van der Waals surface area (Å²) in [5.74, 6) is 0. The normalized spacial score (nSPS) is 10.7. The van der Waals surface area contributed by atoms with Gasteiger partial charge in [-0.3, -0.25) is 0 Å². The predicted octanol–water partition coefficient (Wildman–Crippen LogP) is 1.79. The lowest BCUT2D eigenvalue weighted by Gasteiger charge is -2.04. The number of aliphatic hydroxyl groups is 1. The molecular weight excluding hydrogens is 222 g/mol. The van der Waals surface area contributed by atoms with E-state index >= 15 is 0 Å². The molecule has 0 unspecified atom stereocenters. The lowest BCUT2D eigenvalue weighted by molar-refractivity contribution is 0.276. The van der Waals surface area contributed by atoms with Crippen molar-refractivity contribution in [2.45, 2.75) is 18.4 Å². The van der Waals surface area contributed by atoms with E-state index in [9.17, 15) is 0 Å². The number of aliphatic hydroxyl groups excluding tert-OH is 1. The third-order valence-corrected chi connectivity index (χ3v) is 3.20. The molecule has 1 N–H and O–H groups in total. The Morgan fingerprint density at radius 3 is 2.50 bits per heavy atom. The average molecular weight is 235 g/mol. The van der Waals surface area contributed by atoms with Crippen molar-refractivity contribution in [3.8, 4) is 5.69 Å². The molecule has 1 aromatic heterocycles. The van der Waals surface area contributed by atoms with E-state index < -0.39 is 0 Å². The zero-order valence-corrected chi connectivity index (χ0v) is 10.0. The monoisotopic (exact) mass is 235 g/mol. The highest BCUT2D eigenvalue weighted by atomic mass is 32.2. The van der Waals surface area contributed by atoms with Gasteiger partial charge in [-0.05, 0) is 37.4 Å². The molecule has 16 heavy (non-hydrogen) atoms. The first kappa shape index (κ1) is 11.2. The number of hydrogen-bond donors (Lipinski definition) is 1. The van der Waals surface area contributed by atoms with Gasteiger partial charge in [-0.1, -0.05) is 5.21 Å². The number of aromatic nitrogens is 3. The topological polar surface area (TPSA) is 50.9 Å². The molecule has 0 bridgehead atoms. The van der Waals surface area contributed by atoms with Gasteiger partial charge in [0.05, 0.1) is 18.0 Å². The van der Waals surface area contributed by atoms with Crippen LogP contribution in [0.1, 0.15) is 11.4 Å². The molecule has 0 fully saturated rings. The molecule has 0 atom stereocenters. The maximum Gasteiger partial charge on any atom is 0.111 e. The Kier molecular flexibility index (Phi) is 3.26. The Morgan fingerprint density at radius 1 is 1.31 bits per heavy atom. The summed E-state index contributed by atoms with van der Waals surface area (Å²) in [6.45, 7) is 1.82. The van der Waals surface area contributed by atoms with E-state index in [4.69, 9.17) is 5.11 Å². The maximum absolute atomic E-state index is 9.04. The Hall–Kier alpha value is -1.33. The minimum atomic E-state index is -0.0747. The summed E-state index contributed by atoms with van der Waals surface area (Å²) in [6.07, 6.45) is 2.04. The third kappa shape index (κ3) is 1.96. The van der Waals surface area contributed by atoms with Crippen LogP contribution in [0.2, 0.25) is 0 Å². The molecule has 1 aromatic carbocycles. The summed E-state index contributed by atoms with van der Waals surface area (Å²) in [5, 5.41) is 17.0. The summed E-state index contributed by atoms with van der Waals surface area (Å²) < 4.78 is 1.73. The molecule has 0 aliphatic heterocycles. The molecule has 5 heteroatoms. The summed E-state index contributed by atoms with van der Waals surface area (Å²) in [6, 6.07) is 8.07. The van der Waals surface area contributed by atoms with Gasteiger partial charge in [0, 0.05) is 4.90 Å². The predicted molar refractivity (Wildman–Crippen MR) is 63.8 cm³/mol. The molecule has 2 rings (SSSR count). The molecule has 0 aliphatic rings. The fraction of sp³-hybridized carbons (Fsp3) is 0.273. The lowest BCUT2D eigenvalue weighted by Crippen LogP contribution is -1.99. The van der Waals surface area contributed by atoms with Gasteiger partial charge in [-0.25, -0.2) is 4.68 Å². The highest BCUT2D eigenvalue weighted by molar-refractivity contribution is 7.98. The van der Waals surface area contributed by atoms with Crippen molar-refractivity contribution in [3.63, 3.8) is 0 Å². The number of rotatable bonds is 3. The second kappa shape index (κ2) is 4.67. The van der Waals surface area contributed by atoms with E-state index in [1.54, 1.807) is 16.4 Å². The quantitative estimate of drug-likeness (QED) is 0.824. The van der Waals surface area contributed by atoms with E-state index in [1.165, 1.54) is 4.90 Å². The van der Waals surface area contributed by atoms with E-state index in [-0.39, 0.29) is 6.61 Å². The second-order valence-electron chi connectivity index (χ2n) is 3.39. The number of benzene rings is 1. The lowest BCUT2D eigenvalue weighted by atomic mass is 10.3. The van der Waals surface area contributed by atoms with Crippen LogP contribution in [-0.2, 0) is 6.61 Å². The fourth-order valence-electron chi connectivity index (χ4n) is 1.48. The average Bonchev–Trinajstić information content (AvgIpc) is 2.70. The summed E-state index contributed by atoms with van der Waals surface area (Å²) in [4.78, 5) is 1.21. The van der Waals surface area contributed by atoms with E-state index in [0.717, 1.165) is 11.4 Å². The summed E-state index contributed by atoms with van der Waals surface area (Å²) >= 11 is 1.70. The molecule has 1 heterocycles. The molecule has 0 spiro atoms. The van der Waals surface area contributed by atoms with Crippen molar-refractivity contribution >= 4 is 11.8 Å².